The summed E-state index contributed by atoms with van der Waals surface area (Å²) < 4.78 is 5.48. The number of thiocarbonyl (C=S) groups is 1. The molecule has 138 valence electrons. The highest BCUT2D eigenvalue weighted by atomic mass is 32.1. The van der Waals surface area contributed by atoms with Crippen LogP contribution in [0.1, 0.15) is 31.9 Å². The zero-order valence-corrected chi connectivity index (χ0v) is 16.4. The number of hydrogen-bond acceptors (Lipinski definition) is 3. The van der Waals surface area contributed by atoms with Crippen molar-refractivity contribution in [1.82, 2.24) is 10.9 Å². The van der Waals surface area contributed by atoms with Crippen LogP contribution in [0.3, 0.4) is 0 Å². The van der Waals surface area contributed by atoms with Crippen molar-refractivity contribution >= 4 is 28.9 Å². The number of carbonyl (C=O) groups is 1. The number of nitrogens with one attached hydrogen (secondary N) is 3. The average molecular weight is 372 g/mol. The first-order valence-corrected chi connectivity index (χ1v) is 8.81. The predicted molar refractivity (Wildman–Crippen MR) is 109 cm³/mol. The van der Waals surface area contributed by atoms with Gasteiger partial charge < -0.3 is 10.1 Å². The van der Waals surface area contributed by atoms with E-state index in [2.05, 4.69) is 36.9 Å². The van der Waals surface area contributed by atoms with Gasteiger partial charge in [-0.2, -0.15) is 0 Å². The van der Waals surface area contributed by atoms with Crippen molar-refractivity contribution in [3.8, 4) is 5.75 Å². The molecule has 2 aromatic rings. The Morgan fingerprint density at radius 3 is 2.19 bits per heavy atom. The molecule has 0 unspecified atom stereocenters. The molecule has 0 aromatic heterocycles. The third-order valence-electron chi connectivity index (χ3n) is 3.72. The number of amides is 1. The summed E-state index contributed by atoms with van der Waals surface area (Å²) in [4.78, 5) is 11.9. The predicted octanol–water partition coefficient (Wildman–Crippen LogP) is 3.69. The van der Waals surface area contributed by atoms with Crippen molar-refractivity contribution in [2.24, 2.45) is 0 Å². The van der Waals surface area contributed by atoms with Gasteiger partial charge in [0.05, 0.1) is 0 Å². The molecule has 3 N–H and O–H groups in total. The number of hydrogen-bond donors (Lipinski definition) is 3. The van der Waals surface area contributed by atoms with Crippen molar-refractivity contribution in [1.29, 1.82) is 0 Å². The van der Waals surface area contributed by atoms with Crippen LogP contribution in [0.2, 0.25) is 0 Å². The lowest BCUT2D eigenvalue weighted by molar-refractivity contribution is -0.123. The van der Waals surface area contributed by atoms with Crippen LogP contribution in [0.5, 0.6) is 5.75 Å². The Bertz CT molecular complexity index is 750. The van der Waals surface area contributed by atoms with Gasteiger partial charge in [0, 0.05) is 5.69 Å². The number of ether oxygens (including phenoxy) is 1. The summed E-state index contributed by atoms with van der Waals surface area (Å²) >= 11 is 5.14. The van der Waals surface area contributed by atoms with E-state index in [0.717, 1.165) is 11.3 Å². The molecule has 1 amide bonds. The maximum absolute atomic E-state index is 11.9. The first kappa shape index (κ1) is 19.7. The zero-order chi connectivity index (χ0) is 19.2. The lowest BCUT2D eigenvalue weighted by Crippen LogP contribution is -2.45. The molecular weight excluding hydrogens is 346 g/mol. The molecule has 5 nitrogen and oxygen atoms in total. The van der Waals surface area contributed by atoms with E-state index in [1.165, 1.54) is 5.56 Å². The van der Waals surface area contributed by atoms with Crippen LogP contribution in [0.25, 0.3) is 0 Å². The molecule has 0 atom stereocenters. The van der Waals surface area contributed by atoms with E-state index in [4.69, 9.17) is 17.0 Å². The quantitative estimate of drug-likeness (QED) is 0.565. The van der Waals surface area contributed by atoms with E-state index < -0.39 is 0 Å². The highest BCUT2D eigenvalue weighted by Crippen LogP contribution is 2.24. The summed E-state index contributed by atoms with van der Waals surface area (Å²) in [6.07, 6.45) is 0. The number of anilines is 1. The monoisotopic (exact) mass is 371 g/mol. The molecule has 0 aliphatic heterocycles. The van der Waals surface area contributed by atoms with Crippen LogP contribution in [0, 0.1) is 6.92 Å². The minimum absolute atomic E-state index is 0.0833. The summed E-state index contributed by atoms with van der Waals surface area (Å²) in [5.74, 6) is 0.325. The van der Waals surface area contributed by atoms with Gasteiger partial charge in [0.25, 0.3) is 5.91 Å². The molecule has 2 aromatic carbocycles. The molecule has 0 heterocycles. The van der Waals surface area contributed by atoms with E-state index in [0.29, 0.717) is 10.9 Å². The van der Waals surface area contributed by atoms with Gasteiger partial charge in [-0.25, -0.2) is 0 Å². The van der Waals surface area contributed by atoms with Crippen LogP contribution in [0.15, 0.2) is 48.5 Å². The molecule has 0 fully saturated rings. The topological polar surface area (TPSA) is 62.4 Å². The van der Waals surface area contributed by atoms with E-state index in [-0.39, 0.29) is 17.9 Å². The number of aryl methyl sites for hydroxylation is 1. The lowest BCUT2D eigenvalue weighted by Gasteiger charge is -2.19. The van der Waals surface area contributed by atoms with Crippen molar-refractivity contribution < 1.29 is 9.53 Å². The van der Waals surface area contributed by atoms with Gasteiger partial charge in [-0.1, -0.05) is 50.6 Å². The maximum atomic E-state index is 11.9. The molecule has 26 heavy (non-hydrogen) atoms. The fourth-order valence-electron chi connectivity index (χ4n) is 2.16. The standard InChI is InChI=1S/C20H25N3O2S/c1-14-5-9-16(10-6-14)21-19(26)23-22-18(24)13-25-17-11-7-15(8-12-17)20(2,3)4/h5-12H,13H2,1-4H3,(H,22,24)(H2,21,23,26). The summed E-state index contributed by atoms with van der Waals surface area (Å²) in [7, 11) is 0. The summed E-state index contributed by atoms with van der Waals surface area (Å²) in [6.45, 7) is 8.35. The van der Waals surface area contributed by atoms with Crippen LogP contribution in [0.4, 0.5) is 5.69 Å². The van der Waals surface area contributed by atoms with Gasteiger partial charge in [0.1, 0.15) is 5.75 Å². The Hall–Kier alpha value is -2.60. The summed E-state index contributed by atoms with van der Waals surface area (Å²) in [5.41, 5.74) is 8.46. The normalized spacial score (nSPS) is 10.8. The molecule has 6 heteroatoms. The Morgan fingerprint density at radius 2 is 1.62 bits per heavy atom. The van der Waals surface area contributed by atoms with Crippen molar-refractivity contribution in [2.75, 3.05) is 11.9 Å². The van der Waals surface area contributed by atoms with Crippen LogP contribution in [-0.2, 0) is 10.2 Å². The first-order chi connectivity index (χ1) is 12.2. The molecule has 0 saturated heterocycles. The summed E-state index contributed by atoms with van der Waals surface area (Å²) in [5, 5.41) is 3.29. The lowest BCUT2D eigenvalue weighted by atomic mass is 9.87. The second kappa shape index (κ2) is 8.67. The molecule has 0 bridgehead atoms. The van der Waals surface area contributed by atoms with Crippen molar-refractivity contribution in [3.63, 3.8) is 0 Å². The molecule has 0 saturated carbocycles. The third kappa shape index (κ3) is 6.37. The van der Waals surface area contributed by atoms with Gasteiger partial charge in [0.2, 0.25) is 0 Å². The van der Waals surface area contributed by atoms with Crippen LogP contribution >= 0.6 is 12.2 Å². The van der Waals surface area contributed by atoms with E-state index >= 15 is 0 Å². The Kier molecular flexibility index (Phi) is 6.58. The number of rotatable bonds is 4. The number of carbonyl (C=O) groups excluding carboxylic acids is 1. The van der Waals surface area contributed by atoms with Gasteiger partial charge in [-0.05, 0) is 54.4 Å². The zero-order valence-electron chi connectivity index (χ0n) is 15.6. The van der Waals surface area contributed by atoms with Gasteiger partial charge in [-0.15, -0.1) is 0 Å². The van der Waals surface area contributed by atoms with Crippen molar-refractivity contribution in [3.05, 3.63) is 59.7 Å². The van der Waals surface area contributed by atoms with Gasteiger partial charge in [0.15, 0.2) is 11.7 Å². The van der Waals surface area contributed by atoms with E-state index in [9.17, 15) is 4.79 Å². The average Bonchev–Trinajstić information content (AvgIpc) is 2.60. The second-order valence-electron chi connectivity index (χ2n) is 7.06. The molecule has 0 aliphatic rings. The summed E-state index contributed by atoms with van der Waals surface area (Å²) in [6, 6.07) is 15.5. The minimum Gasteiger partial charge on any atom is -0.484 e. The molecule has 2 rings (SSSR count). The highest BCUT2D eigenvalue weighted by molar-refractivity contribution is 7.80. The van der Waals surface area contributed by atoms with Gasteiger partial charge in [-0.3, -0.25) is 15.6 Å². The second-order valence-corrected chi connectivity index (χ2v) is 7.46. The SMILES string of the molecule is Cc1ccc(NC(=S)NNC(=O)COc2ccc(C(C)(C)C)cc2)cc1. The highest BCUT2D eigenvalue weighted by Gasteiger charge is 2.13. The third-order valence-corrected chi connectivity index (χ3v) is 3.92. The Labute approximate surface area is 160 Å². The molecule has 0 spiro atoms. The van der Waals surface area contributed by atoms with E-state index in [1.807, 2.05) is 55.5 Å². The molecular formula is C20H25N3O2S. The maximum Gasteiger partial charge on any atom is 0.276 e. The Balaban J connectivity index is 1.73. The molecule has 0 aliphatic carbocycles. The van der Waals surface area contributed by atoms with Crippen LogP contribution < -0.4 is 20.9 Å². The minimum atomic E-state index is -0.321. The number of hydrazine groups is 1. The number of benzene rings is 2. The van der Waals surface area contributed by atoms with Crippen LogP contribution in [-0.4, -0.2) is 17.6 Å². The van der Waals surface area contributed by atoms with Crippen molar-refractivity contribution in [2.45, 2.75) is 33.1 Å². The van der Waals surface area contributed by atoms with E-state index in [1.54, 1.807) is 0 Å². The molecule has 0 radical (unpaired) electrons. The largest absolute Gasteiger partial charge is 0.484 e. The fourth-order valence-corrected chi connectivity index (χ4v) is 2.33. The Morgan fingerprint density at radius 1 is 1.00 bits per heavy atom. The smallest absolute Gasteiger partial charge is 0.276 e. The van der Waals surface area contributed by atoms with Gasteiger partial charge >= 0.3 is 0 Å². The first-order valence-electron chi connectivity index (χ1n) is 8.40. The fraction of sp³-hybridized carbons (Fsp3) is 0.300.